The van der Waals surface area contributed by atoms with Crippen LogP contribution in [0, 0.1) is 17.8 Å². The zero-order valence-corrected chi connectivity index (χ0v) is 11.8. The van der Waals surface area contributed by atoms with Gasteiger partial charge in [-0.25, -0.2) is 8.42 Å². The van der Waals surface area contributed by atoms with E-state index in [1.807, 2.05) is 6.92 Å². The molecule has 0 radical (unpaired) electrons. The van der Waals surface area contributed by atoms with Gasteiger partial charge < -0.3 is 4.74 Å². The molecule has 3 atom stereocenters. The van der Waals surface area contributed by atoms with Gasteiger partial charge in [0.25, 0.3) is 0 Å². The summed E-state index contributed by atoms with van der Waals surface area (Å²) < 4.78 is 27.1. The van der Waals surface area contributed by atoms with Gasteiger partial charge in [-0.15, -0.1) is 0 Å². The first kappa shape index (κ1) is 14.8. The van der Waals surface area contributed by atoms with Crippen LogP contribution in [0.25, 0.3) is 0 Å². The van der Waals surface area contributed by atoms with Gasteiger partial charge >= 0.3 is 5.97 Å². The molecule has 17 heavy (non-hydrogen) atoms. The molecule has 0 amide bonds. The third kappa shape index (κ3) is 4.47. The number of hydrogen-bond acceptors (Lipinski definition) is 4. The molecule has 0 aromatic rings. The van der Waals surface area contributed by atoms with Crippen molar-refractivity contribution in [2.75, 3.05) is 12.4 Å². The van der Waals surface area contributed by atoms with Crippen LogP contribution < -0.4 is 0 Å². The van der Waals surface area contributed by atoms with Crippen LogP contribution >= 0.6 is 10.7 Å². The highest BCUT2D eigenvalue weighted by molar-refractivity contribution is 8.13. The lowest BCUT2D eigenvalue weighted by Crippen LogP contribution is -2.21. The van der Waals surface area contributed by atoms with Crippen molar-refractivity contribution in [1.29, 1.82) is 0 Å². The fourth-order valence-electron chi connectivity index (χ4n) is 2.65. The Morgan fingerprint density at radius 1 is 1.35 bits per heavy atom. The Morgan fingerprint density at radius 3 is 2.47 bits per heavy atom. The van der Waals surface area contributed by atoms with Crippen molar-refractivity contribution in [1.82, 2.24) is 0 Å². The minimum absolute atomic E-state index is 0.0168. The van der Waals surface area contributed by atoms with Crippen LogP contribution in [0.1, 0.15) is 33.1 Å². The summed E-state index contributed by atoms with van der Waals surface area (Å²) in [6, 6.07) is 0. The predicted octanol–water partition coefficient (Wildman–Crippen LogP) is 2.17. The molecule has 4 nitrogen and oxygen atoms in total. The summed E-state index contributed by atoms with van der Waals surface area (Å²) in [5.41, 5.74) is 0. The second-order valence-corrected chi connectivity index (χ2v) is 7.39. The maximum atomic E-state index is 11.7. The predicted molar refractivity (Wildman–Crippen MR) is 66.3 cm³/mol. The first-order valence-electron chi connectivity index (χ1n) is 5.96. The average Bonchev–Trinajstić information content (AvgIpc) is 2.58. The minimum atomic E-state index is -3.48. The van der Waals surface area contributed by atoms with E-state index < -0.39 is 9.05 Å². The molecule has 0 bridgehead atoms. The molecule has 1 saturated carbocycles. The van der Waals surface area contributed by atoms with Gasteiger partial charge in [-0.1, -0.05) is 13.3 Å². The van der Waals surface area contributed by atoms with Crippen LogP contribution in [0.5, 0.6) is 0 Å². The molecule has 0 heterocycles. The number of rotatable bonds is 5. The number of carbonyl (C=O) groups excluding carboxylic acids is 1. The van der Waals surface area contributed by atoms with Gasteiger partial charge in [0, 0.05) is 10.7 Å². The van der Waals surface area contributed by atoms with Crippen LogP contribution in [0.4, 0.5) is 0 Å². The molecule has 0 saturated heterocycles. The van der Waals surface area contributed by atoms with Crippen molar-refractivity contribution in [3.05, 3.63) is 0 Å². The third-order valence-corrected chi connectivity index (χ3v) is 4.59. The van der Waals surface area contributed by atoms with Crippen molar-refractivity contribution < 1.29 is 17.9 Å². The van der Waals surface area contributed by atoms with Gasteiger partial charge in [0.2, 0.25) is 9.05 Å². The highest BCUT2D eigenvalue weighted by Gasteiger charge is 2.39. The molecular weight excluding hydrogens is 264 g/mol. The van der Waals surface area contributed by atoms with Crippen molar-refractivity contribution in [2.24, 2.45) is 17.8 Å². The summed E-state index contributed by atoms with van der Waals surface area (Å²) in [4.78, 5) is 11.7. The molecule has 0 aromatic carbocycles. The maximum Gasteiger partial charge on any atom is 0.309 e. The summed E-state index contributed by atoms with van der Waals surface area (Å²) in [5.74, 6) is -0.201. The number of carbonyl (C=O) groups is 1. The van der Waals surface area contributed by atoms with Crippen LogP contribution in [0.3, 0.4) is 0 Å². The molecule has 0 N–H and O–H groups in total. The SMILES string of the molecule is CCOC(=O)C1CC(CS(=O)(=O)Cl)CC1CC. The molecule has 1 aliphatic carbocycles. The molecule has 0 aromatic heterocycles. The molecule has 1 rings (SSSR count). The van der Waals surface area contributed by atoms with Gasteiger partial charge in [-0.3, -0.25) is 4.79 Å². The van der Waals surface area contributed by atoms with Gasteiger partial charge in [0.15, 0.2) is 0 Å². The quantitative estimate of drug-likeness (QED) is 0.573. The van der Waals surface area contributed by atoms with E-state index in [9.17, 15) is 13.2 Å². The summed E-state index contributed by atoms with van der Waals surface area (Å²) in [5, 5.41) is 0. The number of esters is 1. The fourth-order valence-corrected chi connectivity index (χ4v) is 4.02. The lowest BCUT2D eigenvalue weighted by atomic mass is 9.94. The van der Waals surface area contributed by atoms with Gasteiger partial charge in [0.1, 0.15) is 0 Å². The first-order valence-corrected chi connectivity index (χ1v) is 8.44. The Kier molecular flexibility index (Phi) is 5.25. The number of halogens is 1. The smallest absolute Gasteiger partial charge is 0.309 e. The number of hydrogen-bond donors (Lipinski definition) is 0. The molecule has 100 valence electrons. The van der Waals surface area contributed by atoms with E-state index in [-0.39, 0.29) is 29.5 Å². The van der Waals surface area contributed by atoms with E-state index in [1.54, 1.807) is 6.92 Å². The Hall–Kier alpha value is -0.290. The Labute approximate surface area is 107 Å². The standard InChI is InChI=1S/C11H19ClO4S/c1-3-9-5-8(7-17(12,14)15)6-10(9)11(13)16-4-2/h8-10H,3-7H2,1-2H3. The average molecular weight is 283 g/mol. The molecule has 0 spiro atoms. The van der Waals surface area contributed by atoms with Crippen molar-refractivity contribution in [3.8, 4) is 0 Å². The molecule has 3 unspecified atom stereocenters. The van der Waals surface area contributed by atoms with E-state index in [0.717, 1.165) is 12.8 Å². The fraction of sp³-hybridized carbons (Fsp3) is 0.909. The van der Waals surface area contributed by atoms with Crippen LogP contribution in [-0.4, -0.2) is 26.7 Å². The molecule has 0 aliphatic heterocycles. The topological polar surface area (TPSA) is 60.4 Å². The van der Waals surface area contributed by atoms with Crippen LogP contribution in [0.2, 0.25) is 0 Å². The van der Waals surface area contributed by atoms with Crippen molar-refractivity contribution in [2.45, 2.75) is 33.1 Å². The van der Waals surface area contributed by atoms with E-state index >= 15 is 0 Å². The molecular formula is C11H19ClO4S. The van der Waals surface area contributed by atoms with E-state index in [4.69, 9.17) is 15.4 Å². The minimum Gasteiger partial charge on any atom is -0.466 e. The van der Waals surface area contributed by atoms with E-state index in [0.29, 0.717) is 13.0 Å². The van der Waals surface area contributed by atoms with Gasteiger partial charge in [-0.2, -0.15) is 0 Å². The largest absolute Gasteiger partial charge is 0.466 e. The number of ether oxygens (including phenoxy) is 1. The normalized spacial score (nSPS) is 29.2. The molecule has 1 aliphatic rings. The van der Waals surface area contributed by atoms with E-state index in [2.05, 4.69) is 0 Å². The van der Waals surface area contributed by atoms with Crippen molar-refractivity contribution in [3.63, 3.8) is 0 Å². The Morgan fingerprint density at radius 2 is 2.00 bits per heavy atom. The highest BCUT2D eigenvalue weighted by atomic mass is 35.7. The molecule has 1 fully saturated rings. The summed E-state index contributed by atoms with van der Waals surface area (Å²) >= 11 is 0. The maximum absolute atomic E-state index is 11.7. The second kappa shape index (κ2) is 6.05. The van der Waals surface area contributed by atoms with Gasteiger partial charge in [-0.05, 0) is 31.6 Å². The first-order chi connectivity index (χ1) is 7.87. The molecule has 6 heteroatoms. The van der Waals surface area contributed by atoms with E-state index in [1.165, 1.54) is 0 Å². The summed E-state index contributed by atoms with van der Waals surface area (Å²) in [7, 11) is 1.77. The summed E-state index contributed by atoms with van der Waals surface area (Å²) in [6.45, 7) is 4.15. The summed E-state index contributed by atoms with van der Waals surface area (Å²) in [6.07, 6.45) is 2.18. The second-order valence-electron chi connectivity index (χ2n) is 4.57. The van der Waals surface area contributed by atoms with Crippen LogP contribution in [-0.2, 0) is 18.6 Å². The zero-order chi connectivity index (χ0) is 13.1. The third-order valence-electron chi connectivity index (χ3n) is 3.34. The van der Waals surface area contributed by atoms with Crippen LogP contribution in [0.15, 0.2) is 0 Å². The Bertz CT molecular complexity index is 366. The van der Waals surface area contributed by atoms with Gasteiger partial charge in [0.05, 0.1) is 18.3 Å². The van der Waals surface area contributed by atoms with Crippen molar-refractivity contribution >= 4 is 25.7 Å². The lowest BCUT2D eigenvalue weighted by Gasteiger charge is -2.15. The monoisotopic (exact) mass is 282 g/mol. The Balaban J connectivity index is 2.65. The lowest BCUT2D eigenvalue weighted by molar-refractivity contribution is -0.149. The highest BCUT2D eigenvalue weighted by Crippen LogP contribution is 2.40. The zero-order valence-electron chi connectivity index (χ0n) is 10.2.